The highest BCUT2D eigenvalue weighted by atomic mass is 79.9. The lowest BCUT2D eigenvalue weighted by atomic mass is 10.2. The zero-order chi connectivity index (χ0) is 7.56. The van der Waals surface area contributed by atoms with Crippen LogP contribution in [0.1, 0.15) is 5.56 Å². The van der Waals surface area contributed by atoms with Gasteiger partial charge in [0.05, 0.1) is 6.61 Å². The van der Waals surface area contributed by atoms with Crippen molar-refractivity contribution in [1.29, 1.82) is 0 Å². The van der Waals surface area contributed by atoms with Crippen molar-refractivity contribution >= 4 is 28.6 Å². The van der Waals surface area contributed by atoms with Crippen LogP contribution in [0, 0.1) is 0 Å². The Morgan fingerprint density at radius 2 is 2.20 bits per heavy atom. The molecule has 0 aliphatic heterocycles. The summed E-state index contributed by atoms with van der Waals surface area (Å²) in [5.74, 6) is 0. The van der Waals surface area contributed by atoms with Crippen LogP contribution in [0.3, 0.4) is 0 Å². The van der Waals surface area contributed by atoms with Gasteiger partial charge < -0.3 is 5.11 Å². The molecule has 0 unspecified atom stereocenters. The van der Waals surface area contributed by atoms with E-state index in [1.165, 1.54) is 0 Å². The second kappa shape index (κ2) is 3.42. The van der Waals surface area contributed by atoms with Crippen LogP contribution in [0.4, 0.5) is 0 Å². The van der Waals surface area contributed by atoms with Gasteiger partial charge in [0, 0.05) is 9.37 Å². The minimum atomic E-state index is 0.0506. The van der Waals surface area contributed by atoms with E-state index in [-0.39, 0.29) is 6.61 Å². The van der Waals surface area contributed by atoms with Crippen molar-refractivity contribution in [2.75, 3.05) is 0 Å². The molecule has 0 heterocycles. The molecule has 1 aromatic rings. The van der Waals surface area contributed by atoms with E-state index >= 15 is 0 Å². The van der Waals surface area contributed by atoms with E-state index in [0.29, 0.717) is 0 Å². The summed E-state index contributed by atoms with van der Waals surface area (Å²) in [5, 5.41) is 8.78. The Labute approximate surface area is 73.6 Å². The lowest BCUT2D eigenvalue weighted by molar-refractivity contribution is 0.281. The second-order valence-electron chi connectivity index (χ2n) is 1.93. The maximum absolute atomic E-state index is 8.78. The molecule has 0 spiro atoms. The maximum atomic E-state index is 8.78. The zero-order valence-electron chi connectivity index (χ0n) is 5.21. The van der Waals surface area contributed by atoms with Gasteiger partial charge >= 0.3 is 0 Å². The summed E-state index contributed by atoms with van der Waals surface area (Å²) >= 11 is 7.42. The lowest BCUT2D eigenvalue weighted by Gasteiger charge is -1.99. The first kappa shape index (κ1) is 8.11. The monoisotopic (exact) mass is 218 g/mol. The molecule has 1 rings (SSSR count). The van der Waals surface area contributed by atoms with Crippen LogP contribution >= 0.6 is 28.6 Å². The zero-order valence-corrected chi connectivity index (χ0v) is 7.69. The normalized spacial score (nSPS) is 9.90. The summed E-state index contributed by atoms with van der Waals surface area (Å²) in [4.78, 5) is 0.868. The van der Waals surface area contributed by atoms with Gasteiger partial charge in [-0.15, -0.1) is 12.6 Å². The predicted octanol–water partition coefficient (Wildman–Crippen LogP) is 2.23. The largest absolute Gasteiger partial charge is 0.392 e. The van der Waals surface area contributed by atoms with Crippen LogP contribution < -0.4 is 0 Å². The summed E-state index contributed by atoms with van der Waals surface area (Å²) in [6, 6.07) is 5.56. The van der Waals surface area contributed by atoms with E-state index in [1.807, 2.05) is 18.2 Å². The first-order chi connectivity index (χ1) is 4.74. The summed E-state index contributed by atoms with van der Waals surface area (Å²) in [6.45, 7) is 0.0506. The molecule has 0 radical (unpaired) electrons. The van der Waals surface area contributed by atoms with Gasteiger partial charge in [-0.1, -0.05) is 15.9 Å². The molecule has 0 bridgehead atoms. The van der Waals surface area contributed by atoms with Crippen LogP contribution in [0.15, 0.2) is 27.6 Å². The van der Waals surface area contributed by atoms with Crippen molar-refractivity contribution in [3.05, 3.63) is 28.2 Å². The molecule has 1 nitrogen and oxygen atoms in total. The van der Waals surface area contributed by atoms with E-state index in [0.717, 1.165) is 14.9 Å². The molecule has 10 heavy (non-hydrogen) atoms. The molecule has 0 saturated heterocycles. The van der Waals surface area contributed by atoms with Crippen molar-refractivity contribution < 1.29 is 5.11 Å². The average molecular weight is 219 g/mol. The molecule has 0 aliphatic carbocycles. The summed E-state index contributed by atoms with van der Waals surface area (Å²) in [7, 11) is 0. The molecule has 3 heteroatoms. The van der Waals surface area contributed by atoms with Gasteiger partial charge in [0.1, 0.15) is 0 Å². The quantitative estimate of drug-likeness (QED) is 0.694. The van der Waals surface area contributed by atoms with Crippen LogP contribution in [0.25, 0.3) is 0 Å². The topological polar surface area (TPSA) is 20.2 Å². The van der Waals surface area contributed by atoms with Crippen molar-refractivity contribution in [1.82, 2.24) is 0 Å². The number of aliphatic hydroxyl groups excluding tert-OH is 1. The first-order valence-corrected chi connectivity index (χ1v) is 4.06. The van der Waals surface area contributed by atoms with Gasteiger partial charge in [-0.2, -0.15) is 0 Å². The van der Waals surface area contributed by atoms with E-state index in [9.17, 15) is 0 Å². The Hall–Kier alpha value is 0.01000. The van der Waals surface area contributed by atoms with E-state index < -0.39 is 0 Å². The summed E-state index contributed by atoms with van der Waals surface area (Å²) < 4.78 is 0.924. The van der Waals surface area contributed by atoms with Crippen molar-refractivity contribution in [2.24, 2.45) is 0 Å². The van der Waals surface area contributed by atoms with Crippen LogP contribution in [-0.4, -0.2) is 5.11 Å². The number of halogens is 1. The fourth-order valence-electron chi connectivity index (χ4n) is 0.682. The Morgan fingerprint density at radius 3 is 2.70 bits per heavy atom. The molecule has 1 aromatic carbocycles. The first-order valence-electron chi connectivity index (χ1n) is 2.82. The van der Waals surface area contributed by atoms with Crippen LogP contribution in [-0.2, 0) is 6.61 Å². The fraction of sp³-hybridized carbons (Fsp3) is 0.143. The van der Waals surface area contributed by atoms with Crippen LogP contribution in [0.2, 0.25) is 0 Å². The number of rotatable bonds is 1. The third-order valence-corrected chi connectivity index (χ3v) is 2.25. The molecular formula is C7H7BrOS. The van der Waals surface area contributed by atoms with Gasteiger partial charge in [-0.05, 0) is 23.8 Å². The average Bonchev–Trinajstić information content (AvgIpc) is 1.94. The molecule has 0 atom stereocenters. The predicted molar refractivity (Wildman–Crippen MR) is 47.3 cm³/mol. The minimum absolute atomic E-state index is 0.0506. The van der Waals surface area contributed by atoms with Crippen molar-refractivity contribution in [3.8, 4) is 0 Å². The molecule has 0 fully saturated rings. The molecular weight excluding hydrogens is 212 g/mol. The SMILES string of the molecule is OCc1cc(S)ccc1Br. The number of hydrogen-bond donors (Lipinski definition) is 2. The third kappa shape index (κ3) is 1.75. The highest BCUT2D eigenvalue weighted by Gasteiger charge is 1.96. The third-order valence-electron chi connectivity index (χ3n) is 1.20. The fourth-order valence-corrected chi connectivity index (χ4v) is 1.28. The highest BCUT2D eigenvalue weighted by molar-refractivity contribution is 9.10. The van der Waals surface area contributed by atoms with E-state index in [1.54, 1.807) is 0 Å². The van der Waals surface area contributed by atoms with Gasteiger partial charge in [0.25, 0.3) is 0 Å². The number of benzene rings is 1. The Morgan fingerprint density at radius 1 is 1.50 bits per heavy atom. The van der Waals surface area contributed by atoms with E-state index in [2.05, 4.69) is 28.6 Å². The van der Waals surface area contributed by atoms with Gasteiger partial charge in [0.15, 0.2) is 0 Å². The standard InChI is InChI=1S/C7H7BrOS/c8-7-2-1-6(10)3-5(7)4-9/h1-3,9-10H,4H2. The van der Waals surface area contributed by atoms with Crippen LogP contribution in [0.5, 0.6) is 0 Å². The molecule has 0 amide bonds. The van der Waals surface area contributed by atoms with Gasteiger partial charge in [0.2, 0.25) is 0 Å². The van der Waals surface area contributed by atoms with Crippen molar-refractivity contribution in [3.63, 3.8) is 0 Å². The second-order valence-corrected chi connectivity index (χ2v) is 3.30. The molecule has 0 aliphatic rings. The Bertz CT molecular complexity index is 237. The molecule has 0 aromatic heterocycles. The van der Waals surface area contributed by atoms with Gasteiger partial charge in [-0.25, -0.2) is 0 Å². The lowest BCUT2D eigenvalue weighted by Crippen LogP contribution is -1.83. The number of aliphatic hydroxyl groups is 1. The smallest absolute Gasteiger partial charge is 0.0693 e. The van der Waals surface area contributed by atoms with Gasteiger partial charge in [-0.3, -0.25) is 0 Å². The Kier molecular flexibility index (Phi) is 2.77. The molecule has 0 saturated carbocycles. The molecule has 54 valence electrons. The van der Waals surface area contributed by atoms with Crippen molar-refractivity contribution in [2.45, 2.75) is 11.5 Å². The highest BCUT2D eigenvalue weighted by Crippen LogP contribution is 2.19. The molecule has 1 N–H and O–H groups in total. The number of hydrogen-bond acceptors (Lipinski definition) is 2. The summed E-state index contributed by atoms with van der Waals surface area (Å²) in [6.07, 6.45) is 0. The number of thiol groups is 1. The Balaban J connectivity index is 3.09. The summed E-state index contributed by atoms with van der Waals surface area (Å²) in [5.41, 5.74) is 0.868. The maximum Gasteiger partial charge on any atom is 0.0693 e. The van der Waals surface area contributed by atoms with E-state index in [4.69, 9.17) is 5.11 Å². The minimum Gasteiger partial charge on any atom is -0.392 e.